The number of nitrogens with one attached hydrogen (secondary N) is 1. The Morgan fingerprint density at radius 2 is 2.37 bits per heavy atom. The highest BCUT2D eigenvalue weighted by molar-refractivity contribution is 5.16. The number of aryl methyl sites for hydroxylation is 1. The average molecular weight is 256 g/mol. The standard InChI is InChI=1S/C15H20N4/c1-12-14(18-11-17-12)10-19-8-3-2-6-15(19)13-5-4-7-16-9-13/h4-5,7,9,11,15H,2-3,6,8,10H2,1H3,(H,17,18). The number of piperidine rings is 1. The van der Waals surface area contributed by atoms with Crippen LogP contribution in [-0.4, -0.2) is 26.4 Å². The summed E-state index contributed by atoms with van der Waals surface area (Å²) < 4.78 is 0. The highest BCUT2D eigenvalue weighted by Crippen LogP contribution is 2.31. The molecule has 4 nitrogen and oxygen atoms in total. The van der Waals surface area contributed by atoms with E-state index in [2.05, 4.69) is 32.8 Å². The molecule has 0 saturated carbocycles. The predicted octanol–water partition coefficient (Wildman–Crippen LogP) is 2.84. The van der Waals surface area contributed by atoms with Crippen molar-refractivity contribution < 1.29 is 0 Å². The first-order chi connectivity index (χ1) is 9.34. The van der Waals surface area contributed by atoms with Crippen LogP contribution in [0.15, 0.2) is 30.9 Å². The van der Waals surface area contributed by atoms with Crippen molar-refractivity contribution in [2.45, 2.75) is 38.8 Å². The lowest BCUT2D eigenvalue weighted by molar-refractivity contribution is 0.138. The maximum atomic E-state index is 4.43. The van der Waals surface area contributed by atoms with Gasteiger partial charge in [0.15, 0.2) is 0 Å². The molecular weight excluding hydrogens is 236 g/mol. The van der Waals surface area contributed by atoms with Crippen molar-refractivity contribution in [1.82, 2.24) is 19.9 Å². The molecule has 3 heterocycles. The lowest BCUT2D eigenvalue weighted by Crippen LogP contribution is -2.33. The summed E-state index contributed by atoms with van der Waals surface area (Å²) in [5, 5.41) is 0. The minimum Gasteiger partial charge on any atom is -0.348 e. The second-order valence-corrected chi connectivity index (χ2v) is 5.24. The van der Waals surface area contributed by atoms with Crippen molar-refractivity contribution >= 4 is 0 Å². The fourth-order valence-corrected chi connectivity index (χ4v) is 2.87. The molecule has 1 aliphatic heterocycles. The summed E-state index contributed by atoms with van der Waals surface area (Å²) in [5.74, 6) is 0. The molecule has 1 unspecified atom stereocenters. The van der Waals surface area contributed by atoms with Gasteiger partial charge in [-0.25, -0.2) is 4.98 Å². The van der Waals surface area contributed by atoms with E-state index in [4.69, 9.17) is 0 Å². The molecule has 3 rings (SSSR count). The lowest BCUT2D eigenvalue weighted by Gasteiger charge is -2.35. The zero-order chi connectivity index (χ0) is 13.1. The smallest absolute Gasteiger partial charge is 0.0925 e. The summed E-state index contributed by atoms with van der Waals surface area (Å²) in [6.45, 7) is 4.16. The third-order valence-corrected chi connectivity index (χ3v) is 3.97. The second kappa shape index (κ2) is 5.53. The van der Waals surface area contributed by atoms with E-state index in [9.17, 15) is 0 Å². The topological polar surface area (TPSA) is 44.8 Å². The van der Waals surface area contributed by atoms with Gasteiger partial charge in [0, 0.05) is 30.7 Å². The molecule has 19 heavy (non-hydrogen) atoms. The van der Waals surface area contributed by atoms with E-state index in [0.717, 1.165) is 18.8 Å². The molecule has 1 N–H and O–H groups in total. The van der Waals surface area contributed by atoms with Gasteiger partial charge in [-0.1, -0.05) is 12.5 Å². The highest BCUT2D eigenvalue weighted by atomic mass is 15.2. The molecule has 1 aliphatic rings. The van der Waals surface area contributed by atoms with E-state index < -0.39 is 0 Å². The number of hydrogen-bond donors (Lipinski definition) is 1. The fourth-order valence-electron chi connectivity index (χ4n) is 2.87. The number of imidazole rings is 1. The van der Waals surface area contributed by atoms with E-state index in [1.165, 1.54) is 30.5 Å². The quantitative estimate of drug-likeness (QED) is 0.918. The van der Waals surface area contributed by atoms with Gasteiger partial charge in [0.1, 0.15) is 0 Å². The molecule has 4 heteroatoms. The lowest BCUT2D eigenvalue weighted by atomic mass is 9.96. The Bertz CT molecular complexity index is 520. The molecule has 0 bridgehead atoms. The second-order valence-electron chi connectivity index (χ2n) is 5.24. The van der Waals surface area contributed by atoms with Crippen molar-refractivity contribution in [1.29, 1.82) is 0 Å². The van der Waals surface area contributed by atoms with Gasteiger partial charge in [-0.05, 0) is 37.9 Å². The van der Waals surface area contributed by atoms with Crippen LogP contribution in [0.5, 0.6) is 0 Å². The number of rotatable bonds is 3. The molecule has 1 atom stereocenters. The zero-order valence-corrected chi connectivity index (χ0v) is 11.3. The van der Waals surface area contributed by atoms with E-state index in [1.54, 1.807) is 6.33 Å². The van der Waals surface area contributed by atoms with Gasteiger partial charge in [0.2, 0.25) is 0 Å². The molecule has 1 saturated heterocycles. The molecule has 0 spiro atoms. The zero-order valence-electron chi connectivity index (χ0n) is 11.3. The highest BCUT2D eigenvalue weighted by Gasteiger charge is 2.24. The number of hydrogen-bond acceptors (Lipinski definition) is 3. The Hall–Kier alpha value is -1.68. The first kappa shape index (κ1) is 12.4. The summed E-state index contributed by atoms with van der Waals surface area (Å²) in [6, 6.07) is 4.70. The minimum atomic E-state index is 0.485. The van der Waals surface area contributed by atoms with Gasteiger partial charge in [0.25, 0.3) is 0 Å². The summed E-state index contributed by atoms with van der Waals surface area (Å²) in [6.07, 6.45) is 9.42. The molecule has 1 fully saturated rings. The van der Waals surface area contributed by atoms with Crippen LogP contribution in [0.4, 0.5) is 0 Å². The monoisotopic (exact) mass is 256 g/mol. The largest absolute Gasteiger partial charge is 0.348 e. The summed E-state index contributed by atoms with van der Waals surface area (Å²) >= 11 is 0. The van der Waals surface area contributed by atoms with Crippen molar-refractivity contribution in [3.63, 3.8) is 0 Å². The number of pyridine rings is 1. The summed E-state index contributed by atoms with van der Waals surface area (Å²) in [4.78, 5) is 14.4. The van der Waals surface area contributed by atoms with E-state index >= 15 is 0 Å². The minimum absolute atomic E-state index is 0.485. The first-order valence-electron chi connectivity index (χ1n) is 6.97. The SMILES string of the molecule is Cc1[nH]cnc1CN1CCCCC1c1cccnc1. The Morgan fingerprint density at radius 1 is 1.42 bits per heavy atom. The van der Waals surface area contributed by atoms with Gasteiger partial charge in [-0.3, -0.25) is 9.88 Å². The van der Waals surface area contributed by atoms with Crippen molar-refractivity contribution in [2.75, 3.05) is 6.54 Å². The van der Waals surface area contributed by atoms with Gasteiger partial charge in [-0.2, -0.15) is 0 Å². The van der Waals surface area contributed by atoms with Crippen LogP contribution in [0.2, 0.25) is 0 Å². The Morgan fingerprint density at radius 3 is 3.11 bits per heavy atom. The van der Waals surface area contributed by atoms with Crippen LogP contribution in [0.25, 0.3) is 0 Å². The van der Waals surface area contributed by atoms with E-state index in [-0.39, 0.29) is 0 Å². The fraction of sp³-hybridized carbons (Fsp3) is 0.467. The number of H-pyrrole nitrogens is 1. The summed E-state index contributed by atoms with van der Waals surface area (Å²) in [7, 11) is 0. The Kier molecular flexibility index (Phi) is 3.60. The maximum absolute atomic E-state index is 4.43. The van der Waals surface area contributed by atoms with Crippen molar-refractivity contribution in [3.8, 4) is 0 Å². The molecule has 0 amide bonds. The molecule has 0 aliphatic carbocycles. The van der Waals surface area contributed by atoms with Crippen LogP contribution >= 0.6 is 0 Å². The van der Waals surface area contributed by atoms with Crippen LogP contribution < -0.4 is 0 Å². The van der Waals surface area contributed by atoms with Gasteiger partial charge in [-0.15, -0.1) is 0 Å². The number of nitrogens with zero attached hydrogens (tertiary/aromatic N) is 3. The van der Waals surface area contributed by atoms with Gasteiger partial charge < -0.3 is 4.98 Å². The van der Waals surface area contributed by atoms with E-state index in [0.29, 0.717) is 6.04 Å². The predicted molar refractivity (Wildman–Crippen MR) is 74.6 cm³/mol. The average Bonchev–Trinajstić information content (AvgIpc) is 2.86. The van der Waals surface area contributed by atoms with Crippen LogP contribution in [0, 0.1) is 6.92 Å². The normalized spacial score (nSPS) is 20.6. The third kappa shape index (κ3) is 2.68. The van der Waals surface area contributed by atoms with Crippen LogP contribution in [0.3, 0.4) is 0 Å². The van der Waals surface area contributed by atoms with Gasteiger partial charge in [0.05, 0.1) is 12.0 Å². The maximum Gasteiger partial charge on any atom is 0.0925 e. The number of aromatic amines is 1. The molecule has 0 aromatic carbocycles. The third-order valence-electron chi connectivity index (χ3n) is 3.97. The van der Waals surface area contributed by atoms with Crippen molar-refractivity contribution in [2.24, 2.45) is 0 Å². The molecular formula is C15H20N4. The molecule has 100 valence electrons. The molecule has 2 aromatic heterocycles. The van der Waals surface area contributed by atoms with Crippen molar-refractivity contribution in [3.05, 3.63) is 47.8 Å². The van der Waals surface area contributed by atoms with Crippen LogP contribution in [0.1, 0.15) is 42.3 Å². The number of likely N-dealkylation sites (tertiary alicyclic amines) is 1. The molecule has 0 radical (unpaired) electrons. The Labute approximate surface area is 113 Å². The van der Waals surface area contributed by atoms with Gasteiger partial charge >= 0.3 is 0 Å². The van der Waals surface area contributed by atoms with E-state index in [1.807, 2.05) is 18.5 Å². The molecule has 2 aromatic rings. The van der Waals surface area contributed by atoms with Crippen LogP contribution in [-0.2, 0) is 6.54 Å². The Balaban J connectivity index is 1.80. The first-order valence-corrected chi connectivity index (χ1v) is 6.97. The number of aromatic nitrogens is 3. The summed E-state index contributed by atoms with van der Waals surface area (Å²) in [5.41, 5.74) is 3.67.